The van der Waals surface area contributed by atoms with E-state index in [0.717, 1.165) is 28.2 Å². The summed E-state index contributed by atoms with van der Waals surface area (Å²) in [7, 11) is -4.35. The zero-order valence-electron chi connectivity index (χ0n) is 23.0. The van der Waals surface area contributed by atoms with Crippen molar-refractivity contribution in [3.63, 3.8) is 0 Å². The number of hydrogen-bond donors (Lipinski definition) is 3. The van der Waals surface area contributed by atoms with Crippen molar-refractivity contribution in [3.05, 3.63) is 77.6 Å². The van der Waals surface area contributed by atoms with Crippen LogP contribution < -0.4 is 10.6 Å². The minimum absolute atomic E-state index is 0.0529. The maximum absolute atomic E-state index is 11.4. The third kappa shape index (κ3) is 8.01. The smallest absolute Gasteiger partial charge is 0.294 e. The molecule has 3 N–H and O–H groups in total. The minimum atomic E-state index is -4.35. The molecular weight excluding hydrogens is 592 g/mol. The van der Waals surface area contributed by atoms with Gasteiger partial charge in [-0.25, -0.2) is 4.98 Å². The number of nitrogens with zero attached hydrogens (tertiary/aromatic N) is 4. The lowest BCUT2D eigenvalue weighted by atomic mass is 10.0. The topological polar surface area (TPSA) is 130 Å². The molecule has 0 saturated carbocycles. The van der Waals surface area contributed by atoms with Crippen LogP contribution in [-0.2, 0) is 16.5 Å². The van der Waals surface area contributed by atoms with Crippen LogP contribution >= 0.6 is 22.9 Å². The van der Waals surface area contributed by atoms with Gasteiger partial charge in [0, 0.05) is 16.9 Å². The van der Waals surface area contributed by atoms with E-state index >= 15 is 0 Å². The number of unbranched alkanes of at least 4 members (excludes halogenated alkanes) is 5. The predicted molar refractivity (Wildman–Crippen MR) is 170 cm³/mol. The molecule has 0 bridgehead atoms. The molecule has 2 heterocycles. The van der Waals surface area contributed by atoms with Crippen LogP contribution in [0.2, 0.25) is 5.28 Å². The van der Waals surface area contributed by atoms with Gasteiger partial charge in [-0.15, -0.1) is 11.3 Å². The molecule has 218 valence electrons. The standard InChI is InChI=1S/C30H31ClN6O3S2/c1-2-3-4-5-6-7-9-20-12-17-25-26(18-20)41-27(34-25)21-13-15-22(16-14-21)32-29-35-28(31)36-30(37-29)33-23-10-8-11-24(19-23)42(38,39)40/h8,10-19H,2-7,9H2,1H3,(H,38,39,40)(H2,32,33,35,36,37). The molecule has 3 aromatic carbocycles. The first-order valence-corrected chi connectivity index (χ1v) is 16.4. The quantitative estimate of drug-likeness (QED) is 0.0874. The van der Waals surface area contributed by atoms with Crippen LogP contribution in [0.3, 0.4) is 0 Å². The Hall–Kier alpha value is -3.64. The van der Waals surface area contributed by atoms with Gasteiger partial charge in [0.25, 0.3) is 10.1 Å². The van der Waals surface area contributed by atoms with Crippen molar-refractivity contribution < 1.29 is 13.0 Å². The number of hydrogen-bond acceptors (Lipinski definition) is 9. The van der Waals surface area contributed by atoms with Crippen LogP contribution in [0.25, 0.3) is 20.8 Å². The normalized spacial score (nSPS) is 11.6. The summed E-state index contributed by atoms with van der Waals surface area (Å²) in [6.07, 6.45) is 8.87. The number of aromatic nitrogens is 4. The van der Waals surface area contributed by atoms with Gasteiger partial charge in [-0.2, -0.15) is 23.4 Å². The average molecular weight is 623 g/mol. The number of aryl methyl sites for hydroxylation is 1. The van der Waals surface area contributed by atoms with Gasteiger partial charge < -0.3 is 10.6 Å². The Morgan fingerprint density at radius 1 is 0.810 bits per heavy atom. The molecule has 0 spiro atoms. The molecule has 12 heteroatoms. The van der Waals surface area contributed by atoms with E-state index in [0.29, 0.717) is 5.69 Å². The van der Waals surface area contributed by atoms with E-state index in [1.165, 1.54) is 67.0 Å². The molecule has 0 saturated heterocycles. The molecule has 2 aromatic heterocycles. The number of anilines is 4. The third-order valence-electron chi connectivity index (χ3n) is 6.66. The zero-order chi connectivity index (χ0) is 29.5. The fraction of sp³-hybridized carbons (Fsp3) is 0.267. The fourth-order valence-corrected chi connectivity index (χ4v) is 6.23. The van der Waals surface area contributed by atoms with Gasteiger partial charge in [0.2, 0.25) is 17.2 Å². The molecule has 0 fully saturated rings. The van der Waals surface area contributed by atoms with Crippen LogP contribution in [0.15, 0.2) is 71.6 Å². The Labute approximate surface area is 254 Å². The zero-order valence-corrected chi connectivity index (χ0v) is 25.4. The molecule has 5 rings (SSSR count). The van der Waals surface area contributed by atoms with Crippen molar-refractivity contribution in [1.82, 2.24) is 19.9 Å². The Balaban J connectivity index is 1.24. The average Bonchev–Trinajstić information content (AvgIpc) is 3.38. The van der Waals surface area contributed by atoms with Crippen LogP contribution in [0.4, 0.5) is 23.3 Å². The van der Waals surface area contributed by atoms with E-state index in [1.54, 1.807) is 17.4 Å². The third-order valence-corrected chi connectivity index (χ3v) is 8.74. The summed E-state index contributed by atoms with van der Waals surface area (Å²) in [5.41, 5.74) is 4.47. The highest BCUT2D eigenvalue weighted by atomic mass is 35.5. The van der Waals surface area contributed by atoms with Gasteiger partial charge >= 0.3 is 0 Å². The van der Waals surface area contributed by atoms with Crippen LogP contribution in [-0.4, -0.2) is 32.9 Å². The summed E-state index contributed by atoms with van der Waals surface area (Å²) in [4.78, 5) is 17.1. The molecule has 0 radical (unpaired) electrons. The van der Waals surface area contributed by atoms with Crippen LogP contribution in [0.1, 0.15) is 51.0 Å². The van der Waals surface area contributed by atoms with Crippen molar-refractivity contribution in [2.75, 3.05) is 10.6 Å². The highest BCUT2D eigenvalue weighted by molar-refractivity contribution is 7.85. The Morgan fingerprint density at radius 2 is 1.52 bits per heavy atom. The number of thiazole rings is 1. The molecular formula is C30H31ClN6O3S2. The number of halogens is 1. The number of rotatable bonds is 13. The van der Waals surface area contributed by atoms with E-state index in [4.69, 9.17) is 16.6 Å². The minimum Gasteiger partial charge on any atom is -0.324 e. The largest absolute Gasteiger partial charge is 0.324 e. The molecule has 0 aliphatic rings. The summed E-state index contributed by atoms with van der Waals surface area (Å²) < 4.78 is 33.4. The van der Waals surface area contributed by atoms with Gasteiger partial charge in [-0.05, 0) is 84.6 Å². The van der Waals surface area contributed by atoms with Crippen molar-refractivity contribution in [1.29, 1.82) is 0 Å². The lowest BCUT2D eigenvalue weighted by Gasteiger charge is -2.09. The van der Waals surface area contributed by atoms with Gasteiger partial charge in [0.1, 0.15) is 5.01 Å². The van der Waals surface area contributed by atoms with Crippen molar-refractivity contribution in [2.24, 2.45) is 0 Å². The van der Waals surface area contributed by atoms with Gasteiger partial charge in [-0.1, -0.05) is 51.2 Å². The molecule has 0 unspecified atom stereocenters. The SMILES string of the molecule is CCCCCCCCc1ccc2nc(-c3ccc(Nc4nc(Cl)nc(Nc5cccc(S(=O)(=O)O)c5)n4)cc3)sc2c1. The van der Waals surface area contributed by atoms with E-state index in [2.05, 4.69) is 50.7 Å². The first-order chi connectivity index (χ1) is 20.3. The van der Waals surface area contributed by atoms with E-state index in [1.807, 2.05) is 24.3 Å². The number of nitrogens with one attached hydrogen (secondary N) is 2. The van der Waals surface area contributed by atoms with Gasteiger partial charge in [0.05, 0.1) is 15.1 Å². The van der Waals surface area contributed by atoms with Crippen molar-refractivity contribution in [3.8, 4) is 10.6 Å². The molecule has 0 amide bonds. The summed E-state index contributed by atoms with van der Waals surface area (Å²) in [6, 6.07) is 20.0. The van der Waals surface area contributed by atoms with Crippen molar-refractivity contribution >= 4 is 66.5 Å². The van der Waals surface area contributed by atoms with Gasteiger partial charge in [0.15, 0.2) is 0 Å². The van der Waals surface area contributed by atoms with E-state index < -0.39 is 10.1 Å². The molecule has 9 nitrogen and oxygen atoms in total. The summed E-state index contributed by atoms with van der Waals surface area (Å²) in [5, 5.41) is 6.90. The Kier molecular flexibility index (Phi) is 9.63. The summed E-state index contributed by atoms with van der Waals surface area (Å²) >= 11 is 7.80. The van der Waals surface area contributed by atoms with E-state index in [-0.39, 0.29) is 22.1 Å². The highest BCUT2D eigenvalue weighted by Crippen LogP contribution is 2.32. The second kappa shape index (κ2) is 13.6. The second-order valence-corrected chi connectivity index (χ2v) is 12.7. The fourth-order valence-electron chi connectivity index (χ4n) is 4.51. The molecule has 0 atom stereocenters. The predicted octanol–water partition coefficient (Wildman–Crippen LogP) is 8.44. The van der Waals surface area contributed by atoms with Crippen molar-refractivity contribution in [2.45, 2.75) is 56.8 Å². The lowest BCUT2D eigenvalue weighted by Crippen LogP contribution is -2.05. The maximum atomic E-state index is 11.4. The molecule has 0 aliphatic carbocycles. The molecule has 42 heavy (non-hydrogen) atoms. The first kappa shape index (κ1) is 29.8. The Morgan fingerprint density at radius 3 is 2.26 bits per heavy atom. The second-order valence-electron chi connectivity index (χ2n) is 9.92. The summed E-state index contributed by atoms with van der Waals surface area (Å²) in [6.45, 7) is 2.24. The maximum Gasteiger partial charge on any atom is 0.294 e. The monoisotopic (exact) mass is 622 g/mol. The first-order valence-electron chi connectivity index (χ1n) is 13.8. The highest BCUT2D eigenvalue weighted by Gasteiger charge is 2.12. The number of benzene rings is 3. The van der Waals surface area contributed by atoms with Gasteiger partial charge in [-0.3, -0.25) is 4.55 Å². The van der Waals surface area contributed by atoms with Crippen LogP contribution in [0, 0.1) is 0 Å². The molecule has 5 aromatic rings. The molecule has 0 aliphatic heterocycles. The van der Waals surface area contributed by atoms with E-state index in [9.17, 15) is 13.0 Å². The number of fused-ring (bicyclic) bond motifs is 1. The van der Waals surface area contributed by atoms with Crippen LogP contribution in [0.5, 0.6) is 0 Å². The lowest BCUT2D eigenvalue weighted by molar-refractivity contribution is 0.483. The Bertz CT molecular complexity index is 1780. The summed E-state index contributed by atoms with van der Waals surface area (Å²) in [5.74, 6) is 0.306.